The van der Waals surface area contributed by atoms with Gasteiger partial charge in [0.1, 0.15) is 17.5 Å². The van der Waals surface area contributed by atoms with Gasteiger partial charge in [0, 0.05) is 31.2 Å². The summed E-state index contributed by atoms with van der Waals surface area (Å²) in [4.78, 5) is 8.92. The Morgan fingerprint density at radius 2 is 1.95 bits per heavy atom. The summed E-state index contributed by atoms with van der Waals surface area (Å²) in [5.41, 5.74) is 2.45. The number of methoxy groups -OCH3 is 1. The second-order valence-electron chi connectivity index (χ2n) is 5.68. The van der Waals surface area contributed by atoms with Gasteiger partial charge in [0.25, 0.3) is 0 Å². The number of aromatic nitrogens is 2. The summed E-state index contributed by atoms with van der Waals surface area (Å²) in [7, 11) is 1.70. The van der Waals surface area contributed by atoms with Gasteiger partial charge in [-0.2, -0.15) is 0 Å². The third kappa shape index (κ3) is 5.00. The third-order valence-corrected chi connectivity index (χ3v) is 2.69. The van der Waals surface area contributed by atoms with E-state index in [4.69, 9.17) is 10.6 Å². The fraction of sp³-hybridized carbons (Fsp3) is 0.692. The molecule has 0 radical (unpaired) electrons. The molecule has 6 nitrogen and oxygen atoms in total. The van der Waals surface area contributed by atoms with Crippen LogP contribution in [0.25, 0.3) is 0 Å². The van der Waals surface area contributed by atoms with Crippen LogP contribution in [0.2, 0.25) is 0 Å². The largest absolute Gasteiger partial charge is 0.385 e. The van der Waals surface area contributed by atoms with Crippen molar-refractivity contribution in [3.8, 4) is 0 Å². The lowest BCUT2D eigenvalue weighted by atomic mass is 9.96. The number of nitrogens with two attached hydrogens (primary N) is 1. The van der Waals surface area contributed by atoms with Crippen LogP contribution in [0.3, 0.4) is 0 Å². The van der Waals surface area contributed by atoms with Crippen molar-refractivity contribution in [1.82, 2.24) is 9.97 Å². The third-order valence-electron chi connectivity index (χ3n) is 2.69. The molecule has 0 amide bonds. The van der Waals surface area contributed by atoms with Crippen LogP contribution in [0.15, 0.2) is 6.07 Å². The molecule has 6 heteroatoms. The highest BCUT2D eigenvalue weighted by Crippen LogP contribution is 2.22. The van der Waals surface area contributed by atoms with E-state index in [1.165, 1.54) is 0 Å². The van der Waals surface area contributed by atoms with Crippen LogP contribution in [0.1, 0.15) is 39.9 Å². The average Bonchev–Trinajstić information content (AvgIpc) is 2.34. The summed E-state index contributed by atoms with van der Waals surface area (Å²) in [5.74, 6) is 7.59. The maximum absolute atomic E-state index is 5.45. The van der Waals surface area contributed by atoms with Crippen LogP contribution < -0.4 is 16.6 Å². The van der Waals surface area contributed by atoms with Gasteiger partial charge in [-0.25, -0.2) is 15.8 Å². The summed E-state index contributed by atoms with van der Waals surface area (Å²) in [5, 5.41) is 3.34. The molecule has 0 aliphatic heterocycles. The molecule has 19 heavy (non-hydrogen) atoms. The average molecular weight is 267 g/mol. The number of ether oxygens (including phenoxy) is 1. The molecule has 0 saturated heterocycles. The molecule has 4 N–H and O–H groups in total. The molecule has 1 atom stereocenters. The molecule has 0 aliphatic carbocycles. The highest BCUT2D eigenvalue weighted by atomic mass is 16.5. The van der Waals surface area contributed by atoms with Crippen molar-refractivity contribution in [3.63, 3.8) is 0 Å². The van der Waals surface area contributed by atoms with Crippen molar-refractivity contribution in [3.05, 3.63) is 11.9 Å². The summed E-state index contributed by atoms with van der Waals surface area (Å²) in [6.07, 6.45) is 0.913. The van der Waals surface area contributed by atoms with E-state index in [1.54, 1.807) is 13.2 Å². The zero-order valence-corrected chi connectivity index (χ0v) is 12.4. The highest BCUT2D eigenvalue weighted by molar-refractivity contribution is 5.47. The van der Waals surface area contributed by atoms with Gasteiger partial charge in [0.2, 0.25) is 0 Å². The number of hydrogen-bond donors (Lipinski definition) is 3. The summed E-state index contributed by atoms with van der Waals surface area (Å²) in [6.45, 7) is 9.02. The van der Waals surface area contributed by atoms with Crippen LogP contribution in [0, 0.1) is 0 Å². The van der Waals surface area contributed by atoms with E-state index >= 15 is 0 Å². The van der Waals surface area contributed by atoms with Crippen LogP contribution in [0.4, 0.5) is 11.6 Å². The first-order valence-electron chi connectivity index (χ1n) is 6.48. The molecule has 1 aromatic rings. The topological polar surface area (TPSA) is 85.1 Å². The standard InChI is InChI=1S/C13H25N5O/c1-9(6-7-19-5)15-10-8-11(18-14)17-12(16-10)13(2,3)4/h8-9H,6-7,14H2,1-5H3,(H2,15,16,17,18). The Morgan fingerprint density at radius 3 is 2.47 bits per heavy atom. The van der Waals surface area contributed by atoms with Gasteiger partial charge in [-0.05, 0) is 13.3 Å². The zero-order valence-electron chi connectivity index (χ0n) is 12.4. The molecule has 108 valence electrons. The van der Waals surface area contributed by atoms with Gasteiger partial charge in [0.05, 0.1) is 0 Å². The van der Waals surface area contributed by atoms with Crippen LogP contribution in [-0.4, -0.2) is 29.7 Å². The minimum atomic E-state index is -0.126. The molecule has 0 aliphatic rings. The molecular weight excluding hydrogens is 242 g/mol. The number of nitrogen functional groups attached to an aromatic ring is 1. The molecular formula is C13H25N5O. The van der Waals surface area contributed by atoms with Gasteiger partial charge in [-0.1, -0.05) is 20.8 Å². The fourth-order valence-corrected chi connectivity index (χ4v) is 1.55. The Bertz CT molecular complexity index is 403. The van der Waals surface area contributed by atoms with E-state index in [-0.39, 0.29) is 11.5 Å². The lowest BCUT2D eigenvalue weighted by molar-refractivity contribution is 0.191. The van der Waals surface area contributed by atoms with Crippen LogP contribution in [-0.2, 0) is 10.2 Å². The predicted octanol–water partition coefficient (Wildman–Crippen LogP) is 1.90. The van der Waals surface area contributed by atoms with Crippen molar-refractivity contribution in [1.29, 1.82) is 0 Å². The van der Waals surface area contributed by atoms with E-state index in [0.717, 1.165) is 18.1 Å². The van der Waals surface area contributed by atoms with E-state index in [0.29, 0.717) is 12.4 Å². The van der Waals surface area contributed by atoms with Crippen molar-refractivity contribution in [2.75, 3.05) is 24.5 Å². The number of rotatable bonds is 6. The number of anilines is 2. The first-order chi connectivity index (χ1) is 8.86. The van der Waals surface area contributed by atoms with Gasteiger partial charge >= 0.3 is 0 Å². The number of hydrogen-bond acceptors (Lipinski definition) is 6. The first-order valence-corrected chi connectivity index (χ1v) is 6.48. The Labute approximate surface area is 115 Å². The predicted molar refractivity (Wildman–Crippen MR) is 78.1 cm³/mol. The van der Waals surface area contributed by atoms with Gasteiger partial charge in [-0.15, -0.1) is 0 Å². The summed E-state index contributed by atoms with van der Waals surface area (Å²) >= 11 is 0. The normalized spacial score (nSPS) is 13.2. The molecule has 1 aromatic heterocycles. The number of nitrogens with one attached hydrogen (secondary N) is 2. The van der Waals surface area contributed by atoms with Crippen LogP contribution in [0.5, 0.6) is 0 Å². The van der Waals surface area contributed by atoms with Crippen LogP contribution >= 0.6 is 0 Å². The lowest BCUT2D eigenvalue weighted by Crippen LogP contribution is -2.23. The van der Waals surface area contributed by atoms with E-state index in [1.807, 2.05) is 0 Å². The molecule has 1 rings (SSSR count). The Balaban J connectivity index is 2.88. The van der Waals surface area contributed by atoms with Crippen molar-refractivity contribution in [2.24, 2.45) is 5.84 Å². The minimum Gasteiger partial charge on any atom is -0.385 e. The quantitative estimate of drug-likeness (QED) is 0.539. The molecule has 0 bridgehead atoms. The SMILES string of the molecule is COCCC(C)Nc1cc(NN)nc(C(C)(C)C)n1. The van der Waals surface area contributed by atoms with Gasteiger partial charge in [0.15, 0.2) is 0 Å². The second-order valence-corrected chi connectivity index (χ2v) is 5.68. The molecule has 0 aromatic carbocycles. The Hall–Kier alpha value is -1.40. The van der Waals surface area contributed by atoms with E-state index < -0.39 is 0 Å². The zero-order chi connectivity index (χ0) is 14.5. The molecule has 1 heterocycles. The smallest absolute Gasteiger partial charge is 0.145 e. The van der Waals surface area contributed by atoms with E-state index in [2.05, 4.69) is 48.4 Å². The fourth-order valence-electron chi connectivity index (χ4n) is 1.55. The first kappa shape index (κ1) is 15.7. The van der Waals surface area contributed by atoms with Crippen molar-refractivity contribution < 1.29 is 4.74 Å². The maximum atomic E-state index is 5.45. The number of hydrazine groups is 1. The van der Waals surface area contributed by atoms with Gasteiger partial charge in [-0.3, -0.25) is 0 Å². The second kappa shape index (κ2) is 6.68. The molecule has 1 unspecified atom stereocenters. The van der Waals surface area contributed by atoms with E-state index in [9.17, 15) is 0 Å². The maximum Gasteiger partial charge on any atom is 0.145 e. The monoisotopic (exact) mass is 267 g/mol. The minimum absolute atomic E-state index is 0.126. The molecule has 0 spiro atoms. The lowest BCUT2D eigenvalue weighted by Gasteiger charge is -2.20. The summed E-state index contributed by atoms with van der Waals surface area (Å²) < 4.78 is 5.07. The molecule has 0 saturated carbocycles. The molecule has 0 fully saturated rings. The summed E-state index contributed by atoms with van der Waals surface area (Å²) in [6, 6.07) is 2.08. The van der Waals surface area contributed by atoms with Gasteiger partial charge < -0.3 is 15.5 Å². The Kier molecular flexibility index (Phi) is 5.50. The van der Waals surface area contributed by atoms with Crippen molar-refractivity contribution >= 4 is 11.6 Å². The highest BCUT2D eigenvalue weighted by Gasteiger charge is 2.19. The Morgan fingerprint density at radius 1 is 1.32 bits per heavy atom. The number of nitrogens with zero attached hydrogens (tertiary/aromatic N) is 2. The van der Waals surface area contributed by atoms with Crippen molar-refractivity contribution in [2.45, 2.75) is 45.6 Å².